The number of carbonyl (C=O) groups is 1. The third kappa shape index (κ3) is 4.06. The van der Waals surface area contributed by atoms with Crippen molar-refractivity contribution in [1.29, 1.82) is 0 Å². The Kier molecular flexibility index (Phi) is 5.46. The number of nitrogens with zero attached hydrogens (tertiary/aromatic N) is 2. The maximum Gasteiger partial charge on any atom is 0.278 e. The van der Waals surface area contributed by atoms with Gasteiger partial charge in [-0.25, -0.2) is 4.98 Å². The van der Waals surface area contributed by atoms with Crippen molar-refractivity contribution in [3.63, 3.8) is 0 Å². The van der Waals surface area contributed by atoms with E-state index in [1.54, 1.807) is 16.2 Å². The number of benzene rings is 2. The molecule has 0 aliphatic rings. The van der Waals surface area contributed by atoms with Crippen molar-refractivity contribution >= 4 is 27.5 Å². The van der Waals surface area contributed by atoms with Crippen LogP contribution in [0.4, 0.5) is 0 Å². The van der Waals surface area contributed by atoms with Crippen LogP contribution in [0.15, 0.2) is 54.6 Å². The Bertz CT molecular complexity index is 813. The van der Waals surface area contributed by atoms with E-state index in [0.29, 0.717) is 6.54 Å². The van der Waals surface area contributed by atoms with Crippen molar-refractivity contribution in [2.45, 2.75) is 25.9 Å². The summed E-state index contributed by atoms with van der Waals surface area (Å²) < 4.78 is 1.16. The van der Waals surface area contributed by atoms with Crippen molar-refractivity contribution in [2.24, 2.45) is 0 Å². The lowest BCUT2D eigenvalue weighted by Crippen LogP contribution is -2.87. The van der Waals surface area contributed by atoms with E-state index >= 15 is 0 Å². The van der Waals surface area contributed by atoms with Crippen LogP contribution in [0.5, 0.6) is 0 Å². The van der Waals surface area contributed by atoms with Gasteiger partial charge in [-0.1, -0.05) is 42.5 Å². The van der Waals surface area contributed by atoms with Gasteiger partial charge in [0.05, 0.1) is 16.3 Å². The highest BCUT2D eigenvalue weighted by Crippen LogP contribution is 2.28. The molecular weight excluding hydrogens is 330 g/mol. The van der Waals surface area contributed by atoms with E-state index in [-0.39, 0.29) is 18.0 Å². The number of fused-ring (bicyclic) bond motifs is 1. The third-order valence-electron chi connectivity index (χ3n) is 4.61. The lowest BCUT2D eigenvalue weighted by atomic mass is 10.1. The predicted molar refractivity (Wildman–Crippen MR) is 102 cm³/mol. The molecule has 1 aromatic heterocycles. The predicted octanol–water partition coefficient (Wildman–Crippen LogP) is 3.14. The van der Waals surface area contributed by atoms with Gasteiger partial charge in [0.1, 0.15) is 11.0 Å². The molecular formula is C20H24N3OS+. The highest BCUT2D eigenvalue weighted by molar-refractivity contribution is 7.18. The summed E-state index contributed by atoms with van der Waals surface area (Å²) >= 11 is 1.66. The molecule has 0 saturated heterocycles. The lowest BCUT2D eigenvalue weighted by molar-refractivity contribution is -0.683. The second-order valence-corrected chi connectivity index (χ2v) is 7.40. The molecule has 0 aliphatic heterocycles. The highest BCUT2D eigenvalue weighted by Gasteiger charge is 2.22. The number of nitrogens with two attached hydrogens (primary N) is 1. The minimum atomic E-state index is -0.0228. The fourth-order valence-electron chi connectivity index (χ4n) is 2.76. The second-order valence-electron chi connectivity index (χ2n) is 6.34. The molecule has 0 unspecified atom stereocenters. The SMILES string of the molecule is C[C@H]([NH2+]CC(=O)N(C)[C@@H](C)c1nc2ccccc2s1)c1ccccc1. The summed E-state index contributed by atoms with van der Waals surface area (Å²) in [7, 11) is 1.86. The van der Waals surface area contributed by atoms with Crippen molar-refractivity contribution in [2.75, 3.05) is 13.6 Å². The molecule has 2 N–H and O–H groups in total. The Morgan fingerprint density at radius 2 is 1.80 bits per heavy atom. The molecule has 0 fully saturated rings. The maximum atomic E-state index is 12.6. The summed E-state index contributed by atoms with van der Waals surface area (Å²) in [5, 5.41) is 3.06. The van der Waals surface area contributed by atoms with Gasteiger partial charge < -0.3 is 10.2 Å². The number of para-hydroxylation sites is 1. The van der Waals surface area contributed by atoms with Gasteiger partial charge in [0, 0.05) is 12.6 Å². The smallest absolute Gasteiger partial charge is 0.278 e. The zero-order valence-corrected chi connectivity index (χ0v) is 15.7. The molecule has 0 aliphatic carbocycles. The first-order valence-corrected chi connectivity index (χ1v) is 9.37. The van der Waals surface area contributed by atoms with Crippen LogP contribution >= 0.6 is 11.3 Å². The van der Waals surface area contributed by atoms with E-state index < -0.39 is 0 Å². The topological polar surface area (TPSA) is 49.8 Å². The van der Waals surface area contributed by atoms with Crippen LogP contribution in [0.3, 0.4) is 0 Å². The molecule has 5 heteroatoms. The summed E-state index contributed by atoms with van der Waals surface area (Å²) in [4.78, 5) is 19.1. The minimum absolute atomic E-state index is 0.0228. The number of aromatic nitrogens is 1. The van der Waals surface area contributed by atoms with Crippen LogP contribution in [-0.2, 0) is 4.79 Å². The van der Waals surface area contributed by atoms with E-state index in [1.807, 2.05) is 50.4 Å². The van der Waals surface area contributed by atoms with E-state index in [0.717, 1.165) is 15.2 Å². The van der Waals surface area contributed by atoms with E-state index in [9.17, 15) is 4.79 Å². The van der Waals surface area contributed by atoms with Gasteiger partial charge in [0.2, 0.25) is 0 Å². The van der Waals surface area contributed by atoms with Gasteiger partial charge in [-0.15, -0.1) is 11.3 Å². The largest absolute Gasteiger partial charge is 0.333 e. The van der Waals surface area contributed by atoms with Crippen LogP contribution in [0.1, 0.15) is 36.5 Å². The Morgan fingerprint density at radius 3 is 2.52 bits per heavy atom. The Labute approximate surface area is 152 Å². The number of carbonyl (C=O) groups excluding carboxylic acids is 1. The van der Waals surface area contributed by atoms with Gasteiger partial charge in [-0.3, -0.25) is 4.79 Å². The van der Waals surface area contributed by atoms with Crippen LogP contribution < -0.4 is 5.32 Å². The monoisotopic (exact) mass is 354 g/mol. The first-order valence-electron chi connectivity index (χ1n) is 8.55. The molecule has 2 atom stereocenters. The average molecular weight is 354 g/mol. The summed E-state index contributed by atoms with van der Waals surface area (Å²) in [5.41, 5.74) is 2.23. The van der Waals surface area contributed by atoms with Crippen LogP contribution in [0, 0.1) is 0 Å². The quantitative estimate of drug-likeness (QED) is 0.739. The molecule has 0 saturated carbocycles. The first-order chi connectivity index (χ1) is 12.1. The van der Waals surface area contributed by atoms with Crippen molar-refractivity contribution < 1.29 is 10.1 Å². The number of quaternary nitrogens is 1. The molecule has 25 heavy (non-hydrogen) atoms. The average Bonchev–Trinajstić information content (AvgIpc) is 3.09. The van der Waals surface area contributed by atoms with E-state index in [2.05, 4.69) is 35.4 Å². The number of hydrogen-bond donors (Lipinski definition) is 1. The number of hydrogen-bond acceptors (Lipinski definition) is 3. The van der Waals surface area contributed by atoms with Crippen molar-refractivity contribution in [3.05, 3.63) is 65.2 Å². The van der Waals surface area contributed by atoms with Crippen molar-refractivity contribution in [1.82, 2.24) is 9.88 Å². The Balaban J connectivity index is 1.61. The van der Waals surface area contributed by atoms with Crippen LogP contribution in [-0.4, -0.2) is 29.4 Å². The van der Waals surface area contributed by atoms with E-state index in [1.165, 1.54) is 5.56 Å². The first kappa shape index (κ1) is 17.6. The molecule has 0 spiro atoms. The van der Waals surface area contributed by atoms with Crippen molar-refractivity contribution in [3.8, 4) is 0 Å². The summed E-state index contributed by atoms with van der Waals surface area (Å²) in [6.07, 6.45) is 0. The fraction of sp³-hybridized carbons (Fsp3) is 0.300. The summed E-state index contributed by atoms with van der Waals surface area (Å²) in [5.74, 6) is 0.120. The van der Waals surface area contributed by atoms with E-state index in [4.69, 9.17) is 0 Å². The Morgan fingerprint density at radius 1 is 1.12 bits per heavy atom. The standard InChI is InChI=1S/C20H23N3OS/c1-14(16-9-5-4-6-10-16)21-13-19(24)23(3)15(2)20-22-17-11-7-8-12-18(17)25-20/h4-12,14-15,21H,13H2,1-3H3/p+1/t14-,15-/m0/s1. The molecule has 0 radical (unpaired) electrons. The van der Waals surface area contributed by atoms with Gasteiger partial charge in [0.15, 0.2) is 6.54 Å². The number of likely N-dealkylation sites (N-methyl/N-ethyl adjacent to an activating group) is 1. The summed E-state index contributed by atoms with van der Waals surface area (Å²) in [6, 6.07) is 18.6. The number of thiazole rings is 1. The second kappa shape index (κ2) is 7.76. The molecule has 3 aromatic rings. The maximum absolute atomic E-state index is 12.6. The van der Waals surface area contributed by atoms with Gasteiger partial charge in [-0.2, -0.15) is 0 Å². The molecule has 4 nitrogen and oxygen atoms in total. The fourth-order valence-corrected chi connectivity index (χ4v) is 3.83. The number of amides is 1. The van der Waals surface area contributed by atoms with Crippen LogP contribution in [0.2, 0.25) is 0 Å². The zero-order chi connectivity index (χ0) is 17.8. The highest BCUT2D eigenvalue weighted by atomic mass is 32.1. The third-order valence-corrected chi connectivity index (χ3v) is 5.82. The Hall–Kier alpha value is -2.24. The lowest BCUT2D eigenvalue weighted by Gasteiger charge is -2.23. The molecule has 2 aromatic carbocycles. The zero-order valence-electron chi connectivity index (χ0n) is 14.8. The van der Waals surface area contributed by atoms with Gasteiger partial charge in [-0.05, 0) is 26.0 Å². The molecule has 130 valence electrons. The molecule has 1 amide bonds. The molecule has 1 heterocycles. The number of rotatable bonds is 6. The van der Waals surface area contributed by atoms with Gasteiger partial charge in [0.25, 0.3) is 5.91 Å². The minimum Gasteiger partial charge on any atom is -0.333 e. The van der Waals surface area contributed by atoms with Gasteiger partial charge >= 0.3 is 0 Å². The summed E-state index contributed by atoms with van der Waals surface area (Å²) in [6.45, 7) is 4.59. The molecule has 0 bridgehead atoms. The normalized spacial score (nSPS) is 13.6. The van der Waals surface area contributed by atoms with Crippen LogP contribution in [0.25, 0.3) is 10.2 Å². The molecule has 3 rings (SSSR count).